The monoisotopic (exact) mass is 261 g/mol. The maximum atomic E-state index is 4.71. The Hall–Kier alpha value is -0.800. The van der Waals surface area contributed by atoms with Crippen LogP contribution in [0.2, 0.25) is 0 Å². The van der Waals surface area contributed by atoms with Gasteiger partial charge in [0, 0.05) is 16.2 Å². The van der Waals surface area contributed by atoms with Gasteiger partial charge in [-0.3, -0.25) is 0 Å². The van der Waals surface area contributed by atoms with Crippen LogP contribution in [-0.4, -0.2) is 4.98 Å². The molecule has 1 aliphatic carbocycles. The first-order valence-electron chi connectivity index (χ1n) is 5.95. The summed E-state index contributed by atoms with van der Waals surface area (Å²) in [5, 5.41) is 3.50. The predicted molar refractivity (Wildman–Crippen MR) is 74.8 cm³/mol. The summed E-state index contributed by atoms with van der Waals surface area (Å²) in [6.45, 7) is 2.14. The zero-order chi connectivity index (χ0) is 11.7. The number of benzene rings is 1. The molecule has 0 amide bonds. The third kappa shape index (κ3) is 2.90. The molecule has 0 radical (unpaired) electrons. The van der Waals surface area contributed by atoms with E-state index in [4.69, 9.17) is 4.98 Å². The first-order chi connectivity index (χ1) is 8.31. The summed E-state index contributed by atoms with van der Waals surface area (Å²) in [6, 6.07) is 8.67. The number of nitrogens with zero attached hydrogens (tertiary/aromatic N) is 1. The van der Waals surface area contributed by atoms with Crippen molar-refractivity contribution in [1.82, 2.24) is 4.98 Å². The molecule has 1 fully saturated rings. The van der Waals surface area contributed by atoms with Gasteiger partial charge in [-0.05, 0) is 31.9 Å². The molecule has 1 aliphatic rings. The van der Waals surface area contributed by atoms with Crippen LogP contribution >= 0.6 is 23.1 Å². The third-order valence-corrected chi connectivity index (χ3v) is 4.97. The zero-order valence-electron chi connectivity index (χ0n) is 9.85. The van der Waals surface area contributed by atoms with Crippen molar-refractivity contribution in [3.63, 3.8) is 0 Å². The van der Waals surface area contributed by atoms with Gasteiger partial charge >= 0.3 is 0 Å². The lowest BCUT2D eigenvalue weighted by atomic mass is 10.2. The van der Waals surface area contributed by atoms with Crippen LogP contribution in [0.1, 0.15) is 35.0 Å². The average molecular weight is 261 g/mol. The Labute approximate surface area is 110 Å². The second-order valence-corrected chi connectivity index (χ2v) is 6.54. The van der Waals surface area contributed by atoms with Crippen LogP contribution in [0.3, 0.4) is 0 Å². The minimum atomic E-state index is 0.781. The lowest BCUT2D eigenvalue weighted by molar-refractivity contribution is 1.03. The van der Waals surface area contributed by atoms with E-state index >= 15 is 0 Å². The van der Waals surface area contributed by atoms with Crippen molar-refractivity contribution in [1.29, 1.82) is 0 Å². The summed E-state index contributed by atoms with van der Waals surface area (Å²) in [5.74, 6) is 1.78. The van der Waals surface area contributed by atoms with Crippen molar-refractivity contribution in [2.45, 2.75) is 36.3 Å². The second kappa shape index (κ2) is 4.83. The van der Waals surface area contributed by atoms with Crippen LogP contribution in [0.5, 0.6) is 0 Å². The van der Waals surface area contributed by atoms with E-state index in [-0.39, 0.29) is 0 Å². The predicted octanol–water partition coefficient (Wildman–Crippen LogP) is 4.62. The lowest BCUT2D eigenvalue weighted by Crippen LogP contribution is -1.82. The van der Waals surface area contributed by atoms with Crippen molar-refractivity contribution in [3.8, 4) is 0 Å². The molecule has 0 spiro atoms. The number of rotatable bonds is 4. The van der Waals surface area contributed by atoms with Gasteiger partial charge in [0.15, 0.2) is 0 Å². The molecule has 2 aromatic rings. The standard InChI is InChI=1S/C14H15NS2/c1-10-3-2-4-12(7-10)16-9-14-15-13(8-17-14)11-5-6-11/h2-4,7-8,11H,5-6,9H2,1H3. The molecule has 17 heavy (non-hydrogen) atoms. The Balaban J connectivity index is 1.62. The van der Waals surface area contributed by atoms with Gasteiger partial charge < -0.3 is 0 Å². The molecule has 1 aromatic heterocycles. The molecule has 0 N–H and O–H groups in total. The molecule has 1 saturated carbocycles. The summed E-state index contributed by atoms with van der Waals surface area (Å²) >= 11 is 3.69. The van der Waals surface area contributed by atoms with Gasteiger partial charge in [-0.1, -0.05) is 17.7 Å². The average Bonchev–Trinajstić information content (AvgIpc) is 3.07. The Morgan fingerprint density at radius 2 is 2.29 bits per heavy atom. The number of aryl methyl sites for hydroxylation is 1. The molecule has 88 valence electrons. The first kappa shape index (κ1) is 11.3. The van der Waals surface area contributed by atoms with E-state index in [9.17, 15) is 0 Å². The highest BCUT2D eigenvalue weighted by Gasteiger charge is 2.25. The molecule has 0 atom stereocenters. The van der Waals surface area contributed by atoms with E-state index in [1.165, 1.54) is 34.0 Å². The first-order valence-corrected chi connectivity index (χ1v) is 7.81. The van der Waals surface area contributed by atoms with Crippen molar-refractivity contribution in [3.05, 3.63) is 45.9 Å². The van der Waals surface area contributed by atoms with Gasteiger partial charge in [-0.25, -0.2) is 4.98 Å². The highest BCUT2D eigenvalue weighted by molar-refractivity contribution is 7.98. The van der Waals surface area contributed by atoms with Crippen LogP contribution in [0.4, 0.5) is 0 Å². The van der Waals surface area contributed by atoms with Gasteiger partial charge in [-0.15, -0.1) is 23.1 Å². The Morgan fingerprint density at radius 3 is 3.06 bits per heavy atom. The molecule has 3 heteroatoms. The Kier molecular flexibility index (Phi) is 3.21. The van der Waals surface area contributed by atoms with Gasteiger partial charge in [-0.2, -0.15) is 0 Å². The number of hydrogen-bond donors (Lipinski definition) is 0. The number of thiazole rings is 1. The van der Waals surface area contributed by atoms with E-state index < -0.39 is 0 Å². The minimum absolute atomic E-state index is 0.781. The lowest BCUT2D eigenvalue weighted by Gasteiger charge is -2.00. The van der Waals surface area contributed by atoms with E-state index in [1.54, 1.807) is 0 Å². The van der Waals surface area contributed by atoms with Crippen LogP contribution in [-0.2, 0) is 5.75 Å². The zero-order valence-corrected chi connectivity index (χ0v) is 11.5. The van der Waals surface area contributed by atoms with E-state index in [1.807, 2.05) is 23.1 Å². The Morgan fingerprint density at radius 1 is 1.41 bits per heavy atom. The molecule has 1 aromatic carbocycles. The van der Waals surface area contributed by atoms with Crippen molar-refractivity contribution < 1.29 is 0 Å². The van der Waals surface area contributed by atoms with E-state index in [0.717, 1.165) is 11.7 Å². The van der Waals surface area contributed by atoms with E-state index in [0.29, 0.717) is 0 Å². The summed E-state index contributed by atoms with van der Waals surface area (Å²) in [7, 11) is 0. The quantitative estimate of drug-likeness (QED) is 0.745. The van der Waals surface area contributed by atoms with Crippen molar-refractivity contribution in [2.24, 2.45) is 0 Å². The molecular formula is C14H15NS2. The van der Waals surface area contributed by atoms with Crippen LogP contribution in [0, 0.1) is 6.92 Å². The minimum Gasteiger partial charge on any atom is -0.245 e. The Bertz CT molecular complexity index is 514. The molecule has 1 heterocycles. The van der Waals surface area contributed by atoms with Crippen LogP contribution in [0.25, 0.3) is 0 Å². The van der Waals surface area contributed by atoms with Crippen LogP contribution in [0.15, 0.2) is 34.5 Å². The number of thioether (sulfide) groups is 1. The van der Waals surface area contributed by atoms with Gasteiger partial charge in [0.2, 0.25) is 0 Å². The highest BCUT2D eigenvalue weighted by atomic mass is 32.2. The molecule has 1 nitrogen and oxygen atoms in total. The topological polar surface area (TPSA) is 12.9 Å². The summed E-state index contributed by atoms with van der Waals surface area (Å²) in [6.07, 6.45) is 2.68. The summed E-state index contributed by atoms with van der Waals surface area (Å²) < 4.78 is 0. The molecular weight excluding hydrogens is 246 g/mol. The summed E-state index contributed by atoms with van der Waals surface area (Å²) in [5.41, 5.74) is 2.66. The van der Waals surface area contributed by atoms with Crippen molar-refractivity contribution >= 4 is 23.1 Å². The number of hydrogen-bond acceptors (Lipinski definition) is 3. The fourth-order valence-corrected chi connectivity index (χ4v) is 3.72. The van der Waals surface area contributed by atoms with Crippen molar-refractivity contribution in [2.75, 3.05) is 0 Å². The maximum Gasteiger partial charge on any atom is 0.103 e. The van der Waals surface area contributed by atoms with Gasteiger partial charge in [0.05, 0.1) is 11.4 Å². The highest BCUT2D eigenvalue weighted by Crippen LogP contribution is 2.40. The fourth-order valence-electron chi connectivity index (χ4n) is 1.81. The molecule has 0 saturated heterocycles. The SMILES string of the molecule is Cc1cccc(SCc2nc(C3CC3)cs2)c1. The van der Waals surface area contributed by atoms with Gasteiger partial charge in [0.25, 0.3) is 0 Å². The molecule has 3 rings (SSSR count). The second-order valence-electron chi connectivity index (χ2n) is 4.55. The summed E-state index contributed by atoms with van der Waals surface area (Å²) in [4.78, 5) is 6.05. The molecule has 0 aliphatic heterocycles. The normalized spacial score (nSPS) is 15.1. The molecule has 0 unspecified atom stereocenters. The van der Waals surface area contributed by atoms with Crippen LogP contribution < -0.4 is 0 Å². The largest absolute Gasteiger partial charge is 0.245 e. The third-order valence-electron chi connectivity index (χ3n) is 2.92. The van der Waals surface area contributed by atoms with E-state index in [2.05, 4.69) is 36.6 Å². The molecule has 0 bridgehead atoms. The fraction of sp³-hybridized carbons (Fsp3) is 0.357. The smallest absolute Gasteiger partial charge is 0.103 e. The number of aromatic nitrogens is 1. The van der Waals surface area contributed by atoms with Gasteiger partial charge in [0.1, 0.15) is 5.01 Å². The maximum absolute atomic E-state index is 4.71.